The lowest BCUT2D eigenvalue weighted by Crippen LogP contribution is -2.48. The molecule has 0 unspecified atom stereocenters. The molecule has 1 fully saturated rings. The normalized spacial score (nSPS) is 17.8. The predicted octanol–water partition coefficient (Wildman–Crippen LogP) is 2.19. The van der Waals surface area contributed by atoms with Gasteiger partial charge in [-0.3, -0.25) is 9.69 Å². The summed E-state index contributed by atoms with van der Waals surface area (Å²) in [4.78, 5) is 17.7. The van der Waals surface area contributed by atoms with Gasteiger partial charge in [0.05, 0.1) is 12.8 Å². The van der Waals surface area contributed by atoms with Crippen LogP contribution in [0, 0.1) is 0 Å². The first kappa shape index (κ1) is 18.6. The zero-order chi connectivity index (χ0) is 18.4. The summed E-state index contributed by atoms with van der Waals surface area (Å²) < 4.78 is 5.46. The molecule has 0 spiro atoms. The molecule has 1 heterocycles. The van der Waals surface area contributed by atoms with Crippen LogP contribution in [-0.2, 0) is 4.79 Å². The van der Waals surface area contributed by atoms with Crippen molar-refractivity contribution in [3.8, 4) is 5.75 Å². The summed E-state index contributed by atoms with van der Waals surface area (Å²) >= 11 is 5.16. The molecule has 1 aliphatic carbocycles. The second kappa shape index (κ2) is 8.96. The standard InChI is InChI=1S/C20H25N3O2S/c1-25-19-8-3-2-7-18(19)23-13-11-22(12-14-23)10-9-21-20(24)16-5-4-6-17(26)15-16/h2-5,7-8,15H,6,9-14H2,1H3,(H,21,24). The fourth-order valence-electron chi connectivity index (χ4n) is 3.26. The molecule has 1 N–H and O–H groups in total. The number of para-hydroxylation sites is 2. The van der Waals surface area contributed by atoms with Crippen molar-refractivity contribution in [1.29, 1.82) is 0 Å². The second-order valence-corrected chi connectivity index (χ2v) is 6.95. The van der Waals surface area contributed by atoms with Gasteiger partial charge in [-0.1, -0.05) is 36.5 Å². The largest absolute Gasteiger partial charge is 0.495 e. The Kier molecular flexibility index (Phi) is 6.41. The van der Waals surface area contributed by atoms with Crippen LogP contribution in [-0.4, -0.2) is 62.0 Å². The van der Waals surface area contributed by atoms with E-state index >= 15 is 0 Å². The average Bonchev–Trinajstić information content (AvgIpc) is 2.68. The first-order chi connectivity index (χ1) is 12.7. The van der Waals surface area contributed by atoms with Crippen LogP contribution >= 0.6 is 12.2 Å². The Morgan fingerprint density at radius 1 is 1.23 bits per heavy atom. The van der Waals surface area contributed by atoms with Crippen molar-refractivity contribution in [1.82, 2.24) is 10.2 Å². The molecular formula is C20H25N3O2S. The number of anilines is 1. The highest BCUT2D eigenvalue weighted by Gasteiger charge is 2.19. The fraction of sp³-hybridized carbons (Fsp3) is 0.400. The third-order valence-electron chi connectivity index (χ3n) is 4.71. The minimum Gasteiger partial charge on any atom is -0.495 e. The number of hydrogen-bond donors (Lipinski definition) is 1. The number of carbonyl (C=O) groups is 1. The highest BCUT2D eigenvalue weighted by atomic mass is 32.1. The van der Waals surface area contributed by atoms with Gasteiger partial charge in [0.25, 0.3) is 5.91 Å². The molecule has 0 bridgehead atoms. The molecule has 6 heteroatoms. The number of methoxy groups -OCH3 is 1. The quantitative estimate of drug-likeness (QED) is 0.777. The highest BCUT2D eigenvalue weighted by Crippen LogP contribution is 2.28. The lowest BCUT2D eigenvalue weighted by Gasteiger charge is -2.36. The van der Waals surface area contributed by atoms with E-state index in [0.717, 1.165) is 55.4 Å². The SMILES string of the molecule is COc1ccccc1N1CCN(CCNC(=O)C2=CC(=S)CC=C2)CC1. The second-order valence-electron chi connectivity index (χ2n) is 6.43. The minimum atomic E-state index is -0.0454. The molecule has 26 heavy (non-hydrogen) atoms. The minimum absolute atomic E-state index is 0.0454. The number of nitrogens with zero attached hydrogens (tertiary/aromatic N) is 2. The maximum absolute atomic E-state index is 12.2. The van der Waals surface area contributed by atoms with E-state index in [1.807, 2.05) is 30.4 Å². The van der Waals surface area contributed by atoms with Gasteiger partial charge in [-0.25, -0.2) is 0 Å². The maximum atomic E-state index is 12.2. The number of amides is 1. The average molecular weight is 372 g/mol. The Hall–Kier alpha value is -2.18. The Labute approximate surface area is 160 Å². The topological polar surface area (TPSA) is 44.8 Å². The van der Waals surface area contributed by atoms with E-state index in [1.54, 1.807) is 13.2 Å². The number of benzene rings is 1. The number of hydrogen-bond acceptors (Lipinski definition) is 5. The number of nitrogens with one attached hydrogen (secondary N) is 1. The van der Waals surface area contributed by atoms with Gasteiger partial charge in [-0.15, -0.1) is 0 Å². The van der Waals surface area contributed by atoms with Crippen LogP contribution in [0.5, 0.6) is 5.75 Å². The molecule has 0 aromatic heterocycles. The lowest BCUT2D eigenvalue weighted by molar-refractivity contribution is -0.117. The van der Waals surface area contributed by atoms with Crippen molar-refractivity contribution in [3.63, 3.8) is 0 Å². The smallest absolute Gasteiger partial charge is 0.251 e. The fourth-order valence-corrected chi connectivity index (χ4v) is 3.48. The molecule has 1 aromatic rings. The van der Waals surface area contributed by atoms with Crippen molar-refractivity contribution in [2.45, 2.75) is 6.42 Å². The Balaban J connectivity index is 1.42. The highest BCUT2D eigenvalue weighted by molar-refractivity contribution is 7.80. The molecule has 138 valence electrons. The van der Waals surface area contributed by atoms with Gasteiger partial charge in [-0.05, 0) is 18.2 Å². The summed E-state index contributed by atoms with van der Waals surface area (Å²) in [5.74, 6) is 0.871. The molecular weight excluding hydrogens is 346 g/mol. The number of thiocarbonyl (C=S) groups is 1. The first-order valence-electron chi connectivity index (χ1n) is 8.97. The van der Waals surface area contributed by atoms with E-state index in [9.17, 15) is 4.79 Å². The first-order valence-corrected chi connectivity index (χ1v) is 9.38. The number of allylic oxidation sites excluding steroid dienone is 2. The molecule has 1 saturated heterocycles. The Morgan fingerprint density at radius 2 is 2.00 bits per heavy atom. The van der Waals surface area contributed by atoms with Crippen LogP contribution < -0.4 is 15.0 Å². The van der Waals surface area contributed by atoms with Crippen LogP contribution in [0.2, 0.25) is 0 Å². The van der Waals surface area contributed by atoms with E-state index in [4.69, 9.17) is 17.0 Å². The van der Waals surface area contributed by atoms with Crippen LogP contribution in [0.4, 0.5) is 5.69 Å². The van der Waals surface area contributed by atoms with Crippen molar-refractivity contribution in [3.05, 3.63) is 48.1 Å². The van der Waals surface area contributed by atoms with Gasteiger partial charge in [0, 0.05) is 56.1 Å². The lowest BCUT2D eigenvalue weighted by atomic mass is 10.1. The van der Waals surface area contributed by atoms with E-state index in [1.165, 1.54) is 0 Å². The summed E-state index contributed by atoms with van der Waals surface area (Å²) in [6, 6.07) is 8.13. The van der Waals surface area contributed by atoms with Crippen molar-refractivity contribution < 1.29 is 9.53 Å². The van der Waals surface area contributed by atoms with Crippen molar-refractivity contribution in [2.75, 3.05) is 51.3 Å². The van der Waals surface area contributed by atoms with E-state index < -0.39 is 0 Å². The van der Waals surface area contributed by atoms with Crippen LogP contribution in [0.25, 0.3) is 0 Å². The molecule has 0 atom stereocenters. The van der Waals surface area contributed by atoms with Gasteiger partial charge in [-0.2, -0.15) is 0 Å². The molecule has 1 aromatic carbocycles. The number of carbonyl (C=O) groups excluding carboxylic acids is 1. The Morgan fingerprint density at radius 3 is 2.73 bits per heavy atom. The van der Waals surface area contributed by atoms with Crippen molar-refractivity contribution in [2.24, 2.45) is 0 Å². The monoisotopic (exact) mass is 371 g/mol. The summed E-state index contributed by atoms with van der Waals surface area (Å²) in [6.45, 7) is 5.35. The number of rotatable bonds is 6. The predicted molar refractivity (Wildman–Crippen MR) is 109 cm³/mol. The molecule has 1 aliphatic heterocycles. The van der Waals surface area contributed by atoms with Crippen LogP contribution in [0.15, 0.2) is 48.1 Å². The van der Waals surface area contributed by atoms with Gasteiger partial charge in [0.2, 0.25) is 0 Å². The van der Waals surface area contributed by atoms with Gasteiger partial charge >= 0.3 is 0 Å². The van der Waals surface area contributed by atoms with Gasteiger partial charge < -0.3 is 15.0 Å². The van der Waals surface area contributed by atoms with Gasteiger partial charge in [0.15, 0.2) is 0 Å². The van der Waals surface area contributed by atoms with Gasteiger partial charge in [0.1, 0.15) is 5.75 Å². The summed E-state index contributed by atoms with van der Waals surface area (Å²) in [5.41, 5.74) is 1.80. The van der Waals surface area contributed by atoms with Crippen LogP contribution in [0.1, 0.15) is 6.42 Å². The molecule has 2 aliphatic rings. The van der Waals surface area contributed by atoms with E-state index in [-0.39, 0.29) is 5.91 Å². The third-order valence-corrected chi connectivity index (χ3v) is 4.99. The molecule has 0 saturated carbocycles. The van der Waals surface area contributed by atoms with E-state index in [0.29, 0.717) is 12.1 Å². The van der Waals surface area contributed by atoms with Crippen LogP contribution in [0.3, 0.4) is 0 Å². The zero-order valence-electron chi connectivity index (χ0n) is 15.1. The molecule has 3 rings (SSSR count). The summed E-state index contributed by atoms with van der Waals surface area (Å²) in [6.07, 6.45) is 6.32. The Bertz CT molecular complexity index is 722. The van der Waals surface area contributed by atoms with Crippen molar-refractivity contribution >= 4 is 28.7 Å². The molecule has 5 nitrogen and oxygen atoms in total. The zero-order valence-corrected chi connectivity index (χ0v) is 15.9. The summed E-state index contributed by atoms with van der Waals surface area (Å²) in [5, 5.41) is 2.99. The number of ether oxygens (including phenoxy) is 1. The van der Waals surface area contributed by atoms with E-state index in [2.05, 4.69) is 21.2 Å². The number of piperazine rings is 1. The maximum Gasteiger partial charge on any atom is 0.251 e. The molecule has 1 amide bonds. The third kappa shape index (κ3) is 4.71. The molecule has 0 radical (unpaired) electrons. The summed E-state index contributed by atoms with van der Waals surface area (Å²) in [7, 11) is 1.71.